The molecule has 0 radical (unpaired) electrons. The Bertz CT molecular complexity index is 949. The van der Waals surface area contributed by atoms with Gasteiger partial charge in [-0.25, -0.2) is 9.97 Å². The van der Waals surface area contributed by atoms with Crippen LogP contribution in [0, 0.1) is 13.8 Å². The molecule has 0 unspecified atom stereocenters. The molecule has 7 heteroatoms. The zero-order valence-electron chi connectivity index (χ0n) is 16.1. The van der Waals surface area contributed by atoms with Crippen molar-refractivity contribution in [2.24, 2.45) is 0 Å². The van der Waals surface area contributed by atoms with Crippen LogP contribution in [-0.4, -0.2) is 50.6 Å². The van der Waals surface area contributed by atoms with Crippen molar-refractivity contribution in [2.75, 3.05) is 25.0 Å². The van der Waals surface area contributed by atoms with Crippen molar-refractivity contribution in [1.82, 2.24) is 25.1 Å². The topological polar surface area (TPSA) is 86.8 Å². The van der Waals surface area contributed by atoms with E-state index in [-0.39, 0.29) is 11.7 Å². The van der Waals surface area contributed by atoms with E-state index in [1.165, 1.54) is 5.56 Å². The van der Waals surface area contributed by atoms with Gasteiger partial charge in [-0.05, 0) is 31.4 Å². The molecule has 1 amide bonds. The lowest BCUT2D eigenvalue weighted by atomic mass is 9.91. The predicted octanol–water partition coefficient (Wildman–Crippen LogP) is 2.71. The number of carbonyl (C=O) groups is 1. The number of aryl methyl sites for hydroxylation is 1. The number of benzene rings is 1. The fourth-order valence-electron chi connectivity index (χ4n) is 3.36. The highest BCUT2D eigenvalue weighted by Crippen LogP contribution is 2.28. The van der Waals surface area contributed by atoms with E-state index in [4.69, 9.17) is 0 Å². The highest BCUT2D eigenvalue weighted by atomic mass is 16.2. The third-order valence-electron chi connectivity index (χ3n) is 5.28. The van der Waals surface area contributed by atoms with Crippen molar-refractivity contribution >= 4 is 11.7 Å². The molecule has 0 bridgehead atoms. The molecule has 0 atom stereocenters. The van der Waals surface area contributed by atoms with E-state index < -0.39 is 0 Å². The quantitative estimate of drug-likeness (QED) is 0.691. The van der Waals surface area contributed by atoms with Crippen LogP contribution in [0.15, 0.2) is 42.7 Å². The second-order valence-electron chi connectivity index (χ2n) is 7.21. The van der Waals surface area contributed by atoms with Crippen molar-refractivity contribution in [1.29, 1.82) is 0 Å². The highest BCUT2D eigenvalue weighted by molar-refractivity contribution is 5.91. The summed E-state index contributed by atoms with van der Waals surface area (Å²) in [5, 5.41) is 10.1. The third kappa shape index (κ3) is 3.74. The first-order valence-corrected chi connectivity index (χ1v) is 9.53. The minimum absolute atomic E-state index is 0.104. The van der Waals surface area contributed by atoms with Crippen LogP contribution < -0.4 is 5.32 Å². The monoisotopic (exact) mass is 376 g/mol. The molecule has 0 spiro atoms. The Hall–Kier alpha value is -3.22. The van der Waals surface area contributed by atoms with E-state index in [0.29, 0.717) is 25.6 Å². The van der Waals surface area contributed by atoms with Crippen molar-refractivity contribution in [3.05, 3.63) is 70.9 Å². The fraction of sp³-hybridized carbons (Fsp3) is 0.333. The molecule has 0 aliphatic carbocycles. The molecular formula is C21H24N6O. The Balaban J connectivity index is 1.41. The van der Waals surface area contributed by atoms with Gasteiger partial charge in [0.1, 0.15) is 5.82 Å². The van der Waals surface area contributed by atoms with Crippen LogP contribution in [-0.2, 0) is 6.42 Å². The van der Waals surface area contributed by atoms with Crippen molar-refractivity contribution in [3.63, 3.8) is 0 Å². The Morgan fingerprint density at radius 2 is 2.00 bits per heavy atom. The maximum Gasteiger partial charge on any atom is 0.291 e. The molecule has 3 heterocycles. The summed E-state index contributed by atoms with van der Waals surface area (Å²) in [4.78, 5) is 23.6. The van der Waals surface area contributed by atoms with Gasteiger partial charge in [0.2, 0.25) is 5.82 Å². The minimum Gasteiger partial charge on any atom is -0.369 e. The zero-order chi connectivity index (χ0) is 19.5. The molecule has 1 aliphatic rings. The molecule has 28 heavy (non-hydrogen) atoms. The van der Waals surface area contributed by atoms with Gasteiger partial charge in [-0.2, -0.15) is 5.10 Å². The average molecular weight is 376 g/mol. The van der Waals surface area contributed by atoms with Crippen LogP contribution in [0.25, 0.3) is 0 Å². The summed E-state index contributed by atoms with van der Waals surface area (Å²) in [5.74, 6) is 1.28. The zero-order valence-corrected chi connectivity index (χ0v) is 16.1. The number of rotatable bonds is 6. The summed E-state index contributed by atoms with van der Waals surface area (Å²) in [6, 6.07) is 10.3. The summed E-state index contributed by atoms with van der Waals surface area (Å²) in [6.45, 7) is 6.02. The molecule has 1 fully saturated rings. The van der Waals surface area contributed by atoms with Crippen LogP contribution in [0.4, 0.5) is 5.82 Å². The van der Waals surface area contributed by atoms with Crippen molar-refractivity contribution in [3.8, 4) is 0 Å². The Labute approximate surface area is 164 Å². The molecule has 7 nitrogen and oxygen atoms in total. The molecule has 1 aromatic carbocycles. The van der Waals surface area contributed by atoms with E-state index in [1.54, 1.807) is 0 Å². The Morgan fingerprint density at radius 1 is 1.21 bits per heavy atom. The standard InChI is InChI=1S/C21H24N6O/c1-14-15(2)25-20(26-19(14)22-9-8-16-10-23-24-11-16)21(28)27-12-18(13-27)17-6-4-3-5-7-17/h3-7,10-11,18H,8-9,12-13H2,1-2H3,(H,23,24)(H,22,25,26). The number of nitrogens with zero attached hydrogens (tertiary/aromatic N) is 4. The summed E-state index contributed by atoms with van der Waals surface area (Å²) in [6.07, 6.45) is 4.51. The lowest BCUT2D eigenvalue weighted by Gasteiger charge is -2.39. The van der Waals surface area contributed by atoms with E-state index in [0.717, 1.165) is 29.1 Å². The van der Waals surface area contributed by atoms with Crippen molar-refractivity contribution < 1.29 is 4.79 Å². The van der Waals surface area contributed by atoms with Gasteiger partial charge in [0.05, 0.1) is 6.20 Å². The van der Waals surface area contributed by atoms with E-state index in [9.17, 15) is 4.79 Å². The van der Waals surface area contributed by atoms with E-state index >= 15 is 0 Å². The first-order chi connectivity index (χ1) is 13.6. The molecule has 0 saturated carbocycles. The number of hydrogen-bond donors (Lipinski definition) is 2. The maximum atomic E-state index is 12.8. The van der Waals surface area contributed by atoms with Gasteiger partial charge in [0, 0.05) is 43.0 Å². The van der Waals surface area contributed by atoms with Gasteiger partial charge in [0.15, 0.2) is 0 Å². The van der Waals surface area contributed by atoms with E-state index in [1.807, 2.05) is 49.3 Å². The number of aromatic nitrogens is 4. The lowest BCUT2D eigenvalue weighted by Crippen LogP contribution is -2.49. The number of H-pyrrole nitrogens is 1. The lowest BCUT2D eigenvalue weighted by molar-refractivity contribution is 0.0589. The second kappa shape index (κ2) is 7.80. The van der Waals surface area contributed by atoms with Crippen LogP contribution in [0.2, 0.25) is 0 Å². The molecule has 1 saturated heterocycles. The molecule has 3 aromatic rings. The second-order valence-corrected chi connectivity index (χ2v) is 7.21. The van der Waals surface area contributed by atoms with Crippen LogP contribution in [0.5, 0.6) is 0 Å². The summed E-state index contributed by atoms with van der Waals surface area (Å²) in [5.41, 5.74) is 4.19. The first kappa shape index (κ1) is 18.2. The summed E-state index contributed by atoms with van der Waals surface area (Å²) < 4.78 is 0. The van der Waals surface area contributed by atoms with Crippen molar-refractivity contribution in [2.45, 2.75) is 26.2 Å². The number of nitrogens with one attached hydrogen (secondary N) is 2. The first-order valence-electron chi connectivity index (χ1n) is 9.53. The Kier molecular flexibility index (Phi) is 5.06. The highest BCUT2D eigenvalue weighted by Gasteiger charge is 2.33. The smallest absolute Gasteiger partial charge is 0.291 e. The maximum absolute atomic E-state index is 12.8. The fourth-order valence-corrected chi connectivity index (χ4v) is 3.36. The summed E-state index contributed by atoms with van der Waals surface area (Å²) in [7, 11) is 0. The molecule has 1 aliphatic heterocycles. The molecule has 4 rings (SSSR count). The van der Waals surface area contributed by atoms with Crippen LogP contribution >= 0.6 is 0 Å². The summed E-state index contributed by atoms with van der Waals surface area (Å²) >= 11 is 0. The molecular weight excluding hydrogens is 352 g/mol. The van der Waals surface area contributed by atoms with Gasteiger partial charge in [0.25, 0.3) is 5.91 Å². The average Bonchev–Trinajstić information content (AvgIpc) is 3.18. The van der Waals surface area contributed by atoms with Gasteiger partial charge >= 0.3 is 0 Å². The van der Waals surface area contributed by atoms with Crippen LogP contribution in [0.1, 0.15) is 38.9 Å². The molecule has 2 aromatic heterocycles. The predicted molar refractivity (Wildman–Crippen MR) is 107 cm³/mol. The SMILES string of the molecule is Cc1nc(C(=O)N2CC(c3ccccc3)C2)nc(NCCc2cn[nH]c2)c1C. The van der Waals surface area contributed by atoms with Gasteiger partial charge in [-0.1, -0.05) is 30.3 Å². The van der Waals surface area contributed by atoms with E-state index in [2.05, 4.69) is 37.6 Å². The number of amides is 1. The normalized spacial score (nSPS) is 14.0. The largest absolute Gasteiger partial charge is 0.369 e. The van der Waals surface area contributed by atoms with Gasteiger partial charge in [-0.3, -0.25) is 9.89 Å². The van der Waals surface area contributed by atoms with Gasteiger partial charge in [-0.15, -0.1) is 0 Å². The molecule has 2 N–H and O–H groups in total. The Morgan fingerprint density at radius 3 is 2.71 bits per heavy atom. The minimum atomic E-state index is -0.104. The number of aromatic amines is 1. The number of hydrogen-bond acceptors (Lipinski definition) is 5. The molecule has 144 valence electrons. The number of carbonyl (C=O) groups excluding carboxylic acids is 1. The number of likely N-dealkylation sites (tertiary alicyclic amines) is 1. The number of anilines is 1. The van der Waals surface area contributed by atoms with Crippen LogP contribution in [0.3, 0.4) is 0 Å². The third-order valence-corrected chi connectivity index (χ3v) is 5.28. The van der Waals surface area contributed by atoms with Gasteiger partial charge < -0.3 is 10.2 Å².